The molecule has 0 aromatic rings. The number of rotatable bonds is 2. The Bertz CT molecular complexity index is 342. The van der Waals surface area contributed by atoms with Crippen molar-refractivity contribution in [2.75, 3.05) is 13.2 Å². The molecular formula is C10H14N2O4. The minimum Gasteiger partial charge on any atom is -0.393 e. The van der Waals surface area contributed by atoms with Crippen molar-refractivity contribution in [2.45, 2.75) is 19.3 Å². The Morgan fingerprint density at radius 3 is 2.94 bits per heavy atom. The van der Waals surface area contributed by atoms with E-state index in [-0.39, 0.29) is 24.5 Å². The predicted molar refractivity (Wildman–Crippen MR) is 54.3 cm³/mol. The zero-order valence-electron chi connectivity index (χ0n) is 8.92. The van der Waals surface area contributed by atoms with E-state index in [1.807, 2.05) is 0 Å². The number of carbonyl (C=O) groups excluding carboxylic acids is 2. The van der Waals surface area contributed by atoms with Crippen LogP contribution < -0.4 is 5.32 Å². The highest BCUT2D eigenvalue weighted by Gasteiger charge is 2.35. The third kappa shape index (κ3) is 1.94. The summed E-state index contributed by atoms with van der Waals surface area (Å²) in [6.07, 6.45) is 2.56. The molecule has 0 saturated carbocycles. The van der Waals surface area contributed by atoms with Gasteiger partial charge in [-0.3, -0.25) is 15.0 Å². The zero-order chi connectivity index (χ0) is 11.7. The molecule has 0 aliphatic carbocycles. The number of nitrogens with one attached hydrogen (secondary N) is 1. The summed E-state index contributed by atoms with van der Waals surface area (Å²) >= 11 is 0. The molecule has 1 fully saturated rings. The Labute approximate surface area is 92.9 Å². The van der Waals surface area contributed by atoms with Crippen molar-refractivity contribution < 1.29 is 19.4 Å². The summed E-state index contributed by atoms with van der Waals surface area (Å²) in [6.45, 7) is 1.96. The first-order valence-electron chi connectivity index (χ1n) is 5.18. The van der Waals surface area contributed by atoms with Crippen molar-refractivity contribution in [3.8, 4) is 0 Å². The van der Waals surface area contributed by atoms with Gasteiger partial charge in [0.2, 0.25) is 5.91 Å². The summed E-state index contributed by atoms with van der Waals surface area (Å²) < 4.78 is 5.40. The van der Waals surface area contributed by atoms with Crippen LogP contribution in [-0.2, 0) is 9.53 Å². The fraction of sp³-hybridized carbons (Fsp3) is 0.600. The number of hydrogen-bond acceptors (Lipinski definition) is 4. The van der Waals surface area contributed by atoms with Crippen LogP contribution in [0.4, 0.5) is 4.79 Å². The second kappa shape index (κ2) is 4.23. The van der Waals surface area contributed by atoms with Crippen LogP contribution in [-0.4, -0.2) is 47.4 Å². The molecule has 0 bridgehead atoms. The molecule has 3 atom stereocenters. The van der Waals surface area contributed by atoms with E-state index in [0.29, 0.717) is 6.54 Å². The normalized spacial score (nSPS) is 34.4. The molecule has 16 heavy (non-hydrogen) atoms. The Morgan fingerprint density at radius 1 is 1.56 bits per heavy atom. The topological polar surface area (TPSA) is 78.9 Å². The van der Waals surface area contributed by atoms with Gasteiger partial charge in [0.15, 0.2) is 6.23 Å². The predicted octanol–water partition coefficient (Wildman–Crippen LogP) is -0.552. The first kappa shape index (κ1) is 11.1. The van der Waals surface area contributed by atoms with Crippen molar-refractivity contribution in [1.29, 1.82) is 0 Å². The molecular weight excluding hydrogens is 212 g/mol. The van der Waals surface area contributed by atoms with Crippen molar-refractivity contribution in [2.24, 2.45) is 5.92 Å². The Balaban J connectivity index is 2.02. The van der Waals surface area contributed by atoms with Crippen LogP contribution >= 0.6 is 0 Å². The number of hydrogen-bond donors (Lipinski definition) is 2. The maximum atomic E-state index is 11.5. The van der Waals surface area contributed by atoms with E-state index >= 15 is 0 Å². The number of aliphatic hydroxyl groups is 1. The number of nitrogens with zero attached hydrogens (tertiary/aromatic N) is 1. The first-order chi connectivity index (χ1) is 7.61. The number of aliphatic hydroxyl groups excluding tert-OH is 1. The molecule has 2 heterocycles. The fourth-order valence-corrected chi connectivity index (χ4v) is 1.75. The Hall–Kier alpha value is -1.40. The van der Waals surface area contributed by atoms with Crippen LogP contribution in [0.3, 0.4) is 0 Å². The van der Waals surface area contributed by atoms with Gasteiger partial charge in [0.25, 0.3) is 0 Å². The molecule has 3 amide bonds. The standard InChI is InChI=1S/C10H14N2O4/c1-6-4-12(10(15)11-9(6)14)8-3-2-7(5-13)16-8/h2-3,6-8,13H,4-5H2,1H3,(H,11,14,15)/t6?,7-,8+/m0/s1. The van der Waals surface area contributed by atoms with Gasteiger partial charge in [-0.2, -0.15) is 0 Å². The van der Waals surface area contributed by atoms with Crippen LogP contribution in [0.25, 0.3) is 0 Å². The molecule has 1 saturated heterocycles. The monoisotopic (exact) mass is 226 g/mol. The molecule has 2 N–H and O–H groups in total. The van der Waals surface area contributed by atoms with Crippen LogP contribution in [0.2, 0.25) is 0 Å². The van der Waals surface area contributed by atoms with E-state index < -0.39 is 12.3 Å². The third-order valence-corrected chi connectivity index (χ3v) is 2.70. The van der Waals surface area contributed by atoms with E-state index in [4.69, 9.17) is 9.84 Å². The molecule has 0 radical (unpaired) electrons. The average molecular weight is 226 g/mol. The quantitative estimate of drug-likeness (QED) is 0.619. The second-order valence-electron chi connectivity index (χ2n) is 3.98. The summed E-state index contributed by atoms with van der Waals surface area (Å²) in [5, 5.41) is 11.2. The number of urea groups is 1. The molecule has 0 spiro atoms. The molecule has 2 aliphatic rings. The van der Waals surface area contributed by atoms with E-state index in [0.717, 1.165) is 0 Å². The highest BCUT2D eigenvalue weighted by atomic mass is 16.5. The van der Waals surface area contributed by atoms with Crippen LogP contribution in [0.5, 0.6) is 0 Å². The van der Waals surface area contributed by atoms with Gasteiger partial charge in [0.05, 0.1) is 12.5 Å². The summed E-state index contributed by atoms with van der Waals surface area (Å²) in [6, 6.07) is -0.448. The number of amides is 3. The SMILES string of the molecule is CC1CN([C@H]2C=C[C@@H](CO)O2)C(=O)NC1=O. The number of carbonyl (C=O) groups is 2. The maximum Gasteiger partial charge on any atom is 0.326 e. The second-order valence-corrected chi connectivity index (χ2v) is 3.98. The molecule has 2 rings (SSSR count). The molecule has 6 nitrogen and oxygen atoms in total. The van der Waals surface area contributed by atoms with E-state index in [9.17, 15) is 9.59 Å². The third-order valence-electron chi connectivity index (χ3n) is 2.70. The minimum absolute atomic E-state index is 0.114. The molecule has 0 aromatic heterocycles. The smallest absolute Gasteiger partial charge is 0.326 e. The lowest BCUT2D eigenvalue weighted by molar-refractivity contribution is -0.127. The van der Waals surface area contributed by atoms with Gasteiger partial charge in [-0.25, -0.2) is 4.79 Å². The van der Waals surface area contributed by atoms with Gasteiger partial charge in [-0.15, -0.1) is 0 Å². The van der Waals surface area contributed by atoms with Gasteiger partial charge >= 0.3 is 6.03 Å². The summed E-state index contributed by atoms with van der Waals surface area (Å²) in [5.41, 5.74) is 0. The molecule has 0 aromatic carbocycles. The first-order valence-corrected chi connectivity index (χ1v) is 5.18. The lowest BCUT2D eigenvalue weighted by Crippen LogP contribution is -2.57. The summed E-state index contributed by atoms with van der Waals surface area (Å²) in [7, 11) is 0. The van der Waals surface area contributed by atoms with E-state index in [2.05, 4.69) is 5.32 Å². The Kier molecular flexibility index (Phi) is 2.93. The highest BCUT2D eigenvalue weighted by molar-refractivity contribution is 5.97. The lowest BCUT2D eigenvalue weighted by atomic mass is 10.1. The van der Waals surface area contributed by atoms with Crippen LogP contribution in [0.15, 0.2) is 12.2 Å². The van der Waals surface area contributed by atoms with Crippen LogP contribution in [0, 0.1) is 5.92 Å². The molecule has 88 valence electrons. The van der Waals surface area contributed by atoms with Gasteiger partial charge in [-0.05, 0) is 6.08 Å². The average Bonchev–Trinajstić information content (AvgIpc) is 2.71. The van der Waals surface area contributed by atoms with Crippen molar-refractivity contribution in [3.63, 3.8) is 0 Å². The summed E-state index contributed by atoms with van der Waals surface area (Å²) in [5.74, 6) is -0.509. The van der Waals surface area contributed by atoms with Gasteiger partial charge in [0, 0.05) is 6.54 Å². The van der Waals surface area contributed by atoms with Gasteiger partial charge in [-0.1, -0.05) is 13.0 Å². The largest absolute Gasteiger partial charge is 0.393 e. The highest BCUT2D eigenvalue weighted by Crippen LogP contribution is 2.19. The molecule has 1 unspecified atom stereocenters. The zero-order valence-corrected chi connectivity index (χ0v) is 8.92. The minimum atomic E-state index is -0.493. The lowest BCUT2D eigenvalue weighted by Gasteiger charge is -2.34. The van der Waals surface area contributed by atoms with E-state index in [1.54, 1.807) is 19.1 Å². The molecule has 2 aliphatic heterocycles. The fourth-order valence-electron chi connectivity index (χ4n) is 1.75. The van der Waals surface area contributed by atoms with Crippen molar-refractivity contribution >= 4 is 11.9 Å². The summed E-state index contributed by atoms with van der Waals surface area (Å²) in [4.78, 5) is 24.2. The molecule has 6 heteroatoms. The Morgan fingerprint density at radius 2 is 2.31 bits per heavy atom. The van der Waals surface area contributed by atoms with Crippen molar-refractivity contribution in [3.05, 3.63) is 12.2 Å². The van der Waals surface area contributed by atoms with Crippen LogP contribution in [0.1, 0.15) is 6.92 Å². The van der Waals surface area contributed by atoms with E-state index in [1.165, 1.54) is 4.90 Å². The van der Waals surface area contributed by atoms with Crippen molar-refractivity contribution in [1.82, 2.24) is 10.2 Å². The van der Waals surface area contributed by atoms with Gasteiger partial charge < -0.3 is 9.84 Å². The number of ether oxygens (including phenoxy) is 1. The maximum absolute atomic E-state index is 11.5. The number of imide groups is 1. The van der Waals surface area contributed by atoms with Gasteiger partial charge in [0.1, 0.15) is 6.10 Å².